The lowest BCUT2D eigenvalue weighted by Gasteiger charge is -2.15. The van der Waals surface area contributed by atoms with Crippen LogP contribution in [-0.4, -0.2) is 18.6 Å². The lowest BCUT2D eigenvalue weighted by Crippen LogP contribution is -2.36. The normalized spacial score (nSPS) is 12.1. The van der Waals surface area contributed by atoms with E-state index in [2.05, 4.69) is 18.3 Å². The molecule has 0 fully saturated rings. The predicted molar refractivity (Wildman–Crippen MR) is 82.0 cm³/mol. The van der Waals surface area contributed by atoms with Crippen molar-refractivity contribution in [1.29, 1.82) is 0 Å². The molecule has 2 rings (SSSR count). The molecule has 2 aromatic carbocycles. The van der Waals surface area contributed by atoms with Crippen LogP contribution in [0, 0.1) is 0 Å². The third-order valence-corrected chi connectivity index (χ3v) is 3.23. The van der Waals surface area contributed by atoms with Gasteiger partial charge in [0, 0.05) is 6.54 Å². The first-order valence-electron chi connectivity index (χ1n) is 7.14. The molecule has 0 aliphatic carbocycles. The lowest BCUT2D eigenvalue weighted by atomic mass is 10.1. The Morgan fingerprint density at radius 3 is 2.70 bits per heavy atom. The van der Waals surface area contributed by atoms with Gasteiger partial charge in [-0.25, -0.2) is 0 Å². The van der Waals surface area contributed by atoms with Crippen LogP contribution in [0.2, 0.25) is 0 Å². The zero-order chi connectivity index (χ0) is 14.4. The molecular formula is C17H21NO2. The highest BCUT2D eigenvalue weighted by molar-refractivity contribution is 5.84. The van der Waals surface area contributed by atoms with Crippen molar-refractivity contribution in [2.45, 2.75) is 32.8 Å². The van der Waals surface area contributed by atoms with Crippen LogP contribution in [0.4, 0.5) is 0 Å². The minimum atomic E-state index is -0.479. The van der Waals surface area contributed by atoms with E-state index in [0.717, 1.165) is 24.0 Å². The summed E-state index contributed by atoms with van der Waals surface area (Å²) >= 11 is 0. The number of fused-ring (bicyclic) bond motifs is 1. The molecule has 0 radical (unpaired) electrons. The molecule has 0 aliphatic rings. The maximum atomic E-state index is 11.8. The molecule has 0 bridgehead atoms. The average Bonchev–Trinajstić information content (AvgIpc) is 2.47. The first kappa shape index (κ1) is 14.4. The first-order chi connectivity index (χ1) is 9.70. The van der Waals surface area contributed by atoms with Crippen LogP contribution in [-0.2, 0) is 4.79 Å². The van der Waals surface area contributed by atoms with Gasteiger partial charge in [0.05, 0.1) is 0 Å². The monoisotopic (exact) mass is 271 g/mol. The molecule has 1 amide bonds. The second-order valence-corrected chi connectivity index (χ2v) is 4.91. The molecule has 0 saturated heterocycles. The van der Waals surface area contributed by atoms with Gasteiger partial charge in [0.2, 0.25) is 0 Å². The zero-order valence-electron chi connectivity index (χ0n) is 12.1. The van der Waals surface area contributed by atoms with Crippen molar-refractivity contribution in [3.8, 4) is 5.75 Å². The molecule has 0 heterocycles. The van der Waals surface area contributed by atoms with Gasteiger partial charge in [-0.05, 0) is 36.2 Å². The molecule has 3 heteroatoms. The van der Waals surface area contributed by atoms with Crippen molar-refractivity contribution < 1.29 is 9.53 Å². The summed E-state index contributed by atoms with van der Waals surface area (Å²) in [6.45, 7) is 4.58. The Kier molecular flexibility index (Phi) is 4.99. The molecule has 0 saturated carbocycles. The lowest BCUT2D eigenvalue weighted by molar-refractivity contribution is -0.127. The Morgan fingerprint density at radius 1 is 1.20 bits per heavy atom. The highest BCUT2D eigenvalue weighted by Gasteiger charge is 2.13. The number of amides is 1. The van der Waals surface area contributed by atoms with Crippen LogP contribution in [0.25, 0.3) is 10.8 Å². The number of benzene rings is 2. The molecule has 0 unspecified atom stereocenters. The number of ether oxygens (including phenoxy) is 1. The van der Waals surface area contributed by atoms with Crippen LogP contribution in [0.15, 0.2) is 42.5 Å². The molecule has 20 heavy (non-hydrogen) atoms. The SMILES string of the molecule is CCCCNC(=O)[C@@H](C)Oc1ccc2ccccc2c1. The third kappa shape index (κ3) is 3.73. The fraction of sp³-hybridized carbons (Fsp3) is 0.353. The molecule has 1 N–H and O–H groups in total. The number of carbonyl (C=O) groups is 1. The van der Waals surface area contributed by atoms with Gasteiger partial charge in [0.15, 0.2) is 6.10 Å². The Bertz CT molecular complexity index is 580. The van der Waals surface area contributed by atoms with E-state index in [1.165, 1.54) is 5.39 Å². The molecular weight excluding hydrogens is 250 g/mol. The van der Waals surface area contributed by atoms with Crippen molar-refractivity contribution >= 4 is 16.7 Å². The summed E-state index contributed by atoms with van der Waals surface area (Å²) in [5.74, 6) is 0.661. The van der Waals surface area contributed by atoms with Gasteiger partial charge in [-0.3, -0.25) is 4.79 Å². The number of nitrogens with one attached hydrogen (secondary N) is 1. The van der Waals surface area contributed by atoms with Gasteiger partial charge in [-0.2, -0.15) is 0 Å². The van der Waals surface area contributed by atoms with Gasteiger partial charge in [-0.15, -0.1) is 0 Å². The number of carbonyl (C=O) groups excluding carboxylic acids is 1. The number of rotatable bonds is 6. The second-order valence-electron chi connectivity index (χ2n) is 4.91. The number of hydrogen-bond acceptors (Lipinski definition) is 2. The van der Waals surface area contributed by atoms with E-state index >= 15 is 0 Å². The van der Waals surface area contributed by atoms with E-state index in [-0.39, 0.29) is 5.91 Å². The molecule has 3 nitrogen and oxygen atoms in total. The molecule has 0 aromatic heterocycles. The minimum Gasteiger partial charge on any atom is -0.481 e. The smallest absolute Gasteiger partial charge is 0.260 e. The van der Waals surface area contributed by atoms with Crippen molar-refractivity contribution in [2.24, 2.45) is 0 Å². The fourth-order valence-corrected chi connectivity index (χ4v) is 2.03. The van der Waals surface area contributed by atoms with E-state index < -0.39 is 6.10 Å². The summed E-state index contributed by atoms with van der Waals surface area (Å²) in [6, 6.07) is 14.0. The molecule has 0 spiro atoms. The van der Waals surface area contributed by atoms with Crippen LogP contribution < -0.4 is 10.1 Å². The molecule has 2 aromatic rings. The van der Waals surface area contributed by atoms with Gasteiger partial charge < -0.3 is 10.1 Å². The summed E-state index contributed by atoms with van der Waals surface area (Å²) in [6.07, 6.45) is 1.59. The summed E-state index contributed by atoms with van der Waals surface area (Å²) in [7, 11) is 0. The van der Waals surface area contributed by atoms with Crippen molar-refractivity contribution in [1.82, 2.24) is 5.32 Å². The maximum Gasteiger partial charge on any atom is 0.260 e. The standard InChI is InChI=1S/C17H21NO2/c1-3-4-11-18-17(19)13(2)20-16-10-9-14-7-5-6-8-15(14)12-16/h5-10,12-13H,3-4,11H2,1-2H3,(H,18,19)/t13-/m1/s1. The van der Waals surface area contributed by atoms with Crippen molar-refractivity contribution in [3.63, 3.8) is 0 Å². The maximum absolute atomic E-state index is 11.8. The van der Waals surface area contributed by atoms with E-state index in [4.69, 9.17) is 4.74 Å². The zero-order valence-corrected chi connectivity index (χ0v) is 12.1. The number of unbranched alkanes of at least 4 members (excludes halogenated alkanes) is 1. The fourth-order valence-electron chi connectivity index (χ4n) is 2.03. The minimum absolute atomic E-state index is 0.0633. The number of hydrogen-bond donors (Lipinski definition) is 1. The van der Waals surface area contributed by atoms with E-state index in [1.54, 1.807) is 6.92 Å². The van der Waals surface area contributed by atoms with Gasteiger partial charge in [0.1, 0.15) is 5.75 Å². The van der Waals surface area contributed by atoms with Gasteiger partial charge in [-0.1, -0.05) is 43.7 Å². The van der Waals surface area contributed by atoms with E-state index in [9.17, 15) is 4.79 Å². The quantitative estimate of drug-likeness (QED) is 0.816. The first-order valence-corrected chi connectivity index (χ1v) is 7.14. The van der Waals surface area contributed by atoms with Crippen molar-refractivity contribution in [3.05, 3.63) is 42.5 Å². The third-order valence-electron chi connectivity index (χ3n) is 3.23. The predicted octanol–water partition coefficient (Wildman–Crippen LogP) is 3.52. The summed E-state index contributed by atoms with van der Waals surface area (Å²) in [5.41, 5.74) is 0. The average molecular weight is 271 g/mol. The van der Waals surface area contributed by atoms with Crippen molar-refractivity contribution in [2.75, 3.05) is 6.54 Å². The Balaban J connectivity index is 1.98. The molecule has 0 aliphatic heterocycles. The largest absolute Gasteiger partial charge is 0.481 e. The molecule has 106 valence electrons. The van der Waals surface area contributed by atoms with Crippen LogP contribution in [0.3, 0.4) is 0 Å². The second kappa shape index (κ2) is 6.94. The Labute approximate surface area is 119 Å². The molecule has 1 atom stereocenters. The van der Waals surface area contributed by atoms with E-state index in [0.29, 0.717) is 6.54 Å². The summed E-state index contributed by atoms with van der Waals surface area (Å²) in [5, 5.41) is 5.16. The Morgan fingerprint density at radius 2 is 1.95 bits per heavy atom. The summed E-state index contributed by atoms with van der Waals surface area (Å²) < 4.78 is 5.70. The van der Waals surface area contributed by atoms with Crippen LogP contribution >= 0.6 is 0 Å². The van der Waals surface area contributed by atoms with Crippen LogP contribution in [0.1, 0.15) is 26.7 Å². The highest BCUT2D eigenvalue weighted by atomic mass is 16.5. The van der Waals surface area contributed by atoms with Gasteiger partial charge >= 0.3 is 0 Å². The highest BCUT2D eigenvalue weighted by Crippen LogP contribution is 2.21. The topological polar surface area (TPSA) is 38.3 Å². The summed E-state index contributed by atoms with van der Waals surface area (Å²) in [4.78, 5) is 11.8. The Hall–Kier alpha value is -2.03. The van der Waals surface area contributed by atoms with E-state index in [1.807, 2.05) is 36.4 Å². The van der Waals surface area contributed by atoms with Crippen LogP contribution in [0.5, 0.6) is 5.75 Å². The van der Waals surface area contributed by atoms with Gasteiger partial charge in [0.25, 0.3) is 5.91 Å².